The van der Waals surface area contributed by atoms with E-state index in [0.29, 0.717) is 11.1 Å². The van der Waals surface area contributed by atoms with Gasteiger partial charge in [-0.3, -0.25) is 19.3 Å². The number of ether oxygens (including phenoxy) is 1. The maximum Gasteiger partial charge on any atom is 0.330 e. The third kappa shape index (κ3) is 3.42. The molecule has 3 aliphatic rings. The van der Waals surface area contributed by atoms with Crippen LogP contribution in [-0.4, -0.2) is 81.6 Å². The SMILES string of the molecule is COC(=O)/C=C/c1ccc(O)c2c1C[C@@H]1C[C@@H]3[C@H](N(C)C)C(O)=C(C(N)=O)C(=O)[C@@]3(O)C(O)=C1C2=O. The van der Waals surface area contributed by atoms with Crippen molar-refractivity contribution in [2.45, 2.75) is 24.5 Å². The number of Topliss-reactive ketones (excluding diaryl/α,β-unsaturated/α-hetero) is 2. The molecule has 11 nitrogen and oxygen atoms in total. The minimum absolute atomic E-state index is 0.0262. The van der Waals surface area contributed by atoms with Gasteiger partial charge >= 0.3 is 5.97 Å². The molecule has 0 aliphatic heterocycles. The highest BCUT2D eigenvalue weighted by Crippen LogP contribution is 2.52. The van der Waals surface area contributed by atoms with Gasteiger partial charge in [-0.25, -0.2) is 4.79 Å². The number of hydrogen-bond acceptors (Lipinski definition) is 10. The van der Waals surface area contributed by atoms with Gasteiger partial charge in [-0.05, 0) is 56.1 Å². The summed E-state index contributed by atoms with van der Waals surface area (Å²) in [6.07, 6.45) is 2.69. The molecule has 0 spiro atoms. The van der Waals surface area contributed by atoms with Gasteiger partial charge < -0.3 is 30.9 Å². The smallest absolute Gasteiger partial charge is 0.330 e. The van der Waals surface area contributed by atoms with E-state index >= 15 is 0 Å². The monoisotopic (exact) mass is 498 g/mol. The molecule has 6 N–H and O–H groups in total. The van der Waals surface area contributed by atoms with Crippen LogP contribution in [0.5, 0.6) is 5.75 Å². The Bertz CT molecular complexity index is 1310. The summed E-state index contributed by atoms with van der Waals surface area (Å²) < 4.78 is 4.60. The van der Waals surface area contributed by atoms with Crippen LogP contribution in [-0.2, 0) is 25.5 Å². The Morgan fingerprint density at radius 2 is 1.86 bits per heavy atom. The van der Waals surface area contributed by atoms with Crippen LogP contribution in [0.25, 0.3) is 6.08 Å². The van der Waals surface area contributed by atoms with Crippen molar-refractivity contribution in [3.05, 3.63) is 57.6 Å². The number of aliphatic hydroxyl groups excluding tert-OH is 2. The number of carbonyl (C=O) groups excluding carboxylic acids is 4. The largest absolute Gasteiger partial charge is 0.510 e. The van der Waals surface area contributed by atoms with Crippen LogP contribution in [0, 0.1) is 11.8 Å². The minimum Gasteiger partial charge on any atom is -0.510 e. The molecule has 0 heterocycles. The second-order valence-electron chi connectivity index (χ2n) is 9.35. The fourth-order valence-electron chi connectivity index (χ4n) is 5.66. The number of methoxy groups -OCH3 is 1. The Hall–Kier alpha value is -3.96. The van der Waals surface area contributed by atoms with Gasteiger partial charge in [0, 0.05) is 17.6 Å². The summed E-state index contributed by atoms with van der Waals surface area (Å²) in [5, 5.41) is 44.1. The van der Waals surface area contributed by atoms with Crippen LogP contribution in [0.2, 0.25) is 0 Å². The molecule has 1 amide bonds. The lowest BCUT2D eigenvalue weighted by molar-refractivity contribution is -0.148. The van der Waals surface area contributed by atoms with Gasteiger partial charge in [0.25, 0.3) is 5.91 Å². The fourth-order valence-corrected chi connectivity index (χ4v) is 5.66. The van der Waals surface area contributed by atoms with Gasteiger partial charge in [0.2, 0.25) is 5.78 Å². The number of amides is 1. The van der Waals surface area contributed by atoms with Gasteiger partial charge in [0.15, 0.2) is 11.4 Å². The summed E-state index contributed by atoms with van der Waals surface area (Å²) in [4.78, 5) is 51.9. The van der Waals surface area contributed by atoms with Crippen molar-refractivity contribution in [3.63, 3.8) is 0 Å². The third-order valence-electron chi connectivity index (χ3n) is 7.24. The molecular formula is C25H26N2O9. The van der Waals surface area contributed by atoms with E-state index in [9.17, 15) is 39.6 Å². The van der Waals surface area contributed by atoms with E-state index in [-0.39, 0.29) is 29.7 Å². The number of nitrogens with two attached hydrogens (primary N) is 1. The molecule has 3 aliphatic carbocycles. The Kier molecular flexibility index (Phi) is 6.01. The summed E-state index contributed by atoms with van der Waals surface area (Å²) in [5.41, 5.74) is 2.24. The number of likely N-dealkylation sites (N-methyl/N-ethyl adjacent to an activating group) is 1. The van der Waals surface area contributed by atoms with E-state index in [1.54, 1.807) is 14.1 Å². The highest BCUT2D eigenvalue weighted by atomic mass is 16.5. The van der Waals surface area contributed by atoms with Crippen LogP contribution in [0.4, 0.5) is 0 Å². The number of aromatic hydroxyl groups is 1. The van der Waals surface area contributed by atoms with E-state index < -0.39 is 64.0 Å². The van der Waals surface area contributed by atoms with E-state index in [1.807, 2.05) is 0 Å². The summed E-state index contributed by atoms with van der Waals surface area (Å²) in [7, 11) is 4.33. The molecule has 1 aromatic rings. The maximum atomic E-state index is 13.6. The average molecular weight is 498 g/mol. The lowest BCUT2D eigenvalue weighted by atomic mass is 9.58. The zero-order valence-corrected chi connectivity index (χ0v) is 19.8. The maximum absolute atomic E-state index is 13.6. The van der Waals surface area contributed by atoms with Crippen molar-refractivity contribution in [3.8, 4) is 5.75 Å². The average Bonchev–Trinajstić information content (AvgIpc) is 2.80. The Balaban J connectivity index is 1.92. The number of hydrogen-bond donors (Lipinski definition) is 5. The van der Waals surface area contributed by atoms with Crippen molar-refractivity contribution >= 4 is 29.5 Å². The van der Waals surface area contributed by atoms with Crippen LogP contribution in [0.3, 0.4) is 0 Å². The summed E-state index contributed by atoms with van der Waals surface area (Å²) >= 11 is 0. The first-order chi connectivity index (χ1) is 16.9. The number of fused-ring (bicyclic) bond motifs is 3. The van der Waals surface area contributed by atoms with Gasteiger partial charge in [-0.15, -0.1) is 0 Å². The van der Waals surface area contributed by atoms with Gasteiger partial charge in [-0.1, -0.05) is 6.07 Å². The quantitative estimate of drug-likeness (QED) is 0.219. The molecule has 0 aromatic heterocycles. The van der Waals surface area contributed by atoms with E-state index in [1.165, 1.54) is 30.2 Å². The fraction of sp³-hybridized carbons (Fsp3) is 0.360. The number of carbonyl (C=O) groups is 4. The minimum atomic E-state index is -2.69. The molecule has 190 valence electrons. The summed E-state index contributed by atoms with van der Waals surface area (Å²) in [6, 6.07) is 1.71. The second-order valence-corrected chi connectivity index (χ2v) is 9.35. The number of esters is 1. The van der Waals surface area contributed by atoms with E-state index in [0.717, 1.165) is 6.08 Å². The lowest BCUT2D eigenvalue weighted by Crippen LogP contribution is -2.63. The van der Waals surface area contributed by atoms with Crippen molar-refractivity contribution in [1.82, 2.24) is 4.90 Å². The first-order valence-corrected chi connectivity index (χ1v) is 11.1. The summed E-state index contributed by atoms with van der Waals surface area (Å²) in [6.45, 7) is 0. The van der Waals surface area contributed by atoms with Crippen molar-refractivity contribution in [1.29, 1.82) is 0 Å². The van der Waals surface area contributed by atoms with Gasteiger partial charge in [0.1, 0.15) is 22.8 Å². The molecule has 0 radical (unpaired) electrons. The van der Waals surface area contributed by atoms with E-state index in [4.69, 9.17) is 5.73 Å². The van der Waals surface area contributed by atoms with Crippen LogP contribution in [0.1, 0.15) is 27.9 Å². The lowest BCUT2D eigenvalue weighted by Gasteiger charge is -2.50. The van der Waals surface area contributed by atoms with Crippen LogP contribution >= 0.6 is 0 Å². The zero-order chi connectivity index (χ0) is 26.7. The molecule has 0 unspecified atom stereocenters. The molecule has 0 bridgehead atoms. The van der Waals surface area contributed by atoms with Gasteiger partial charge in [-0.2, -0.15) is 0 Å². The number of ketones is 2. The predicted octanol–water partition coefficient (Wildman–Crippen LogP) is 0.307. The van der Waals surface area contributed by atoms with Crippen molar-refractivity contribution in [2.75, 3.05) is 21.2 Å². The van der Waals surface area contributed by atoms with Crippen molar-refractivity contribution in [2.24, 2.45) is 17.6 Å². The molecule has 4 atom stereocenters. The molecular weight excluding hydrogens is 472 g/mol. The second kappa shape index (κ2) is 8.61. The Labute approximate surface area is 205 Å². The van der Waals surface area contributed by atoms with Crippen LogP contribution < -0.4 is 5.73 Å². The third-order valence-corrected chi connectivity index (χ3v) is 7.24. The molecule has 0 fully saturated rings. The first-order valence-electron chi connectivity index (χ1n) is 11.1. The molecule has 36 heavy (non-hydrogen) atoms. The molecule has 1 aromatic carbocycles. The highest BCUT2D eigenvalue weighted by molar-refractivity contribution is 6.24. The number of phenols is 1. The standard InChI is InChI=1S/C25H26N2O9/c1-27(2)19-13-9-11-8-12-10(5-7-15(29)36-3)4-6-14(28)17(12)20(30)16(11)22(32)25(13,35)23(33)18(21(19)31)24(26)34/h4-7,11,13,19,28,31-32,35H,8-9H2,1-3H3,(H2,26,34)/b7-5+/t11-,13-,19+,25+/m1/s1. The molecule has 0 saturated heterocycles. The topological polar surface area (TPSA) is 188 Å². The number of nitrogens with zero attached hydrogens (tertiary/aromatic N) is 1. The Morgan fingerprint density at radius 3 is 2.44 bits per heavy atom. The normalized spacial score (nSPS) is 27.8. The summed E-state index contributed by atoms with van der Waals surface area (Å²) in [5.74, 6) is -7.77. The number of benzene rings is 1. The van der Waals surface area contributed by atoms with E-state index in [2.05, 4.69) is 4.74 Å². The number of aliphatic hydroxyl groups is 3. The number of primary amides is 1. The molecule has 11 heteroatoms. The van der Waals surface area contributed by atoms with Crippen LogP contribution in [0.15, 0.2) is 40.9 Å². The molecule has 4 rings (SSSR count). The molecule has 0 saturated carbocycles. The zero-order valence-electron chi connectivity index (χ0n) is 19.8. The number of allylic oxidation sites excluding steroid dienone is 1. The number of phenolic OH excluding ortho intramolecular Hbond substituents is 1. The number of rotatable bonds is 4. The Morgan fingerprint density at radius 1 is 1.19 bits per heavy atom. The first kappa shape index (κ1) is 25.1. The highest BCUT2D eigenvalue weighted by Gasteiger charge is 2.63. The van der Waals surface area contributed by atoms with Crippen molar-refractivity contribution < 1.29 is 44.3 Å². The predicted molar refractivity (Wildman–Crippen MR) is 125 cm³/mol. The van der Waals surface area contributed by atoms with Gasteiger partial charge in [0.05, 0.1) is 18.7 Å².